The molecule has 1 aliphatic heterocycles. The van der Waals surface area contributed by atoms with Gasteiger partial charge in [0.2, 0.25) is 0 Å². The highest BCUT2D eigenvalue weighted by molar-refractivity contribution is 5.50. The van der Waals surface area contributed by atoms with E-state index in [0.29, 0.717) is 6.42 Å². The van der Waals surface area contributed by atoms with Crippen LogP contribution >= 0.6 is 0 Å². The fourth-order valence-corrected chi connectivity index (χ4v) is 2.83. The van der Waals surface area contributed by atoms with Crippen LogP contribution in [-0.2, 0) is 4.74 Å². The molecule has 1 aliphatic rings. The zero-order chi connectivity index (χ0) is 13.4. The average Bonchev–Trinajstić information content (AvgIpc) is 2.45. The van der Waals surface area contributed by atoms with E-state index < -0.39 is 11.1 Å². The van der Waals surface area contributed by atoms with E-state index in [1.165, 1.54) is 0 Å². The molecule has 18 heavy (non-hydrogen) atoms. The Kier molecular flexibility index (Phi) is 2.87. The van der Waals surface area contributed by atoms with Crippen molar-refractivity contribution in [2.24, 2.45) is 0 Å². The molecular weight excluding hydrogens is 224 g/mol. The minimum atomic E-state index is -0.697. The monoisotopic (exact) mass is 244 g/mol. The number of para-hydroxylation sites is 1. The number of anilines is 1. The summed E-state index contributed by atoms with van der Waals surface area (Å²) in [6.45, 7) is 8.00. The lowest BCUT2D eigenvalue weighted by molar-refractivity contribution is -0.0713. The molecule has 0 amide bonds. The Bertz CT molecular complexity index is 473. The summed E-state index contributed by atoms with van der Waals surface area (Å²) >= 11 is 0. The number of nitrogens with zero attached hydrogens (tertiary/aromatic N) is 1. The Balaban J connectivity index is 2.35. The van der Waals surface area contributed by atoms with Gasteiger partial charge in [-0.1, -0.05) is 18.2 Å². The molecule has 1 fully saturated rings. The molecule has 1 unspecified atom stereocenters. The average molecular weight is 244 g/mol. The normalized spacial score (nSPS) is 28.6. The molecule has 0 aromatic heterocycles. The second kappa shape index (κ2) is 4.00. The number of hydrogen-bond donors (Lipinski definition) is 1. The Morgan fingerprint density at radius 1 is 1.17 bits per heavy atom. The first kappa shape index (κ1) is 12.9. The second-order valence-corrected chi connectivity index (χ2v) is 6.06. The first-order valence-electron chi connectivity index (χ1n) is 6.25. The molecule has 1 heterocycles. The van der Waals surface area contributed by atoms with Crippen LogP contribution in [0, 0.1) is 11.3 Å². The van der Waals surface area contributed by atoms with Crippen LogP contribution in [0.2, 0.25) is 0 Å². The zero-order valence-corrected chi connectivity index (χ0v) is 11.4. The Morgan fingerprint density at radius 3 is 2.22 bits per heavy atom. The van der Waals surface area contributed by atoms with Crippen LogP contribution < -0.4 is 5.32 Å². The fourth-order valence-electron chi connectivity index (χ4n) is 2.83. The highest BCUT2D eigenvalue weighted by Gasteiger charge is 2.58. The van der Waals surface area contributed by atoms with Crippen molar-refractivity contribution < 1.29 is 4.74 Å². The third-order valence-electron chi connectivity index (χ3n) is 3.57. The summed E-state index contributed by atoms with van der Waals surface area (Å²) < 4.78 is 6.03. The molecular formula is C15H20N2O. The number of ether oxygens (including phenoxy) is 1. The van der Waals surface area contributed by atoms with Crippen LogP contribution in [0.3, 0.4) is 0 Å². The van der Waals surface area contributed by atoms with Gasteiger partial charge in [0.15, 0.2) is 5.54 Å². The van der Waals surface area contributed by atoms with E-state index in [1.54, 1.807) is 0 Å². The summed E-state index contributed by atoms with van der Waals surface area (Å²) in [4.78, 5) is 0. The molecule has 1 atom stereocenters. The molecule has 1 saturated heterocycles. The van der Waals surface area contributed by atoms with Gasteiger partial charge in [-0.3, -0.25) is 0 Å². The molecule has 3 heteroatoms. The van der Waals surface area contributed by atoms with Crippen molar-refractivity contribution in [1.82, 2.24) is 0 Å². The van der Waals surface area contributed by atoms with E-state index in [9.17, 15) is 5.26 Å². The highest BCUT2D eigenvalue weighted by atomic mass is 16.5. The minimum Gasteiger partial charge on any atom is -0.366 e. The topological polar surface area (TPSA) is 45.0 Å². The van der Waals surface area contributed by atoms with E-state index in [-0.39, 0.29) is 5.60 Å². The van der Waals surface area contributed by atoms with Crippen LogP contribution in [0.25, 0.3) is 0 Å². The third-order valence-corrected chi connectivity index (χ3v) is 3.57. The summed E-state index contributed by atoms with van der Waals surface area (Å²) in [5, 5.41) is 13.0. The van der Waals surface area contributed by atoms with Gasteiger partial charge in [-0.2, -0.15) is 5.26 Å². The van der Waals surface area contributed by atoms with Crippen molar-refractivity contribution in [3.63, 3.8) is 0 Å². The molecule has 0 aliphatic carbocycles. The van der Waals surface area contributed by atoms with Crippen molar-refractivity contribution >= 4 is 5.69 Å². The Labute approximate surface area is 109 Å². The molecule has 0 bridgehead atoms. The Hall–Kier alpha value is -1.53. The smallest absolute Gasteiger partial charge is 0.156 e. The molecule has 0 radical (unpaired) electrons. The lowest BCUT2D eigenvalue weighted by Gasteiger charge is -2.35. The standard InChI is InChI=1S/C15H20N2O/c1-13(2)10-15(11-16,14(3,4)18-13)17-12-8-6-5-7-9-12/h5-9,17H,10H2,1-4H3. The van der Waals surface area contributed by atoms with Crippen molar-refractivity contribution in [2.45, 2.75) is 50.9 Å². The zero-order valence-electron chi connectivity index (χ0n) is 11.4. The van der Waals surface area contributed by atoms with Gasteiger partial charge in [-0.15, -0.1) is 0 Å². The fraction of sp³-hybridized carbons (Fsp3) is 0.533. The van der Waals surface area contributed by atoms with Crippen LogP contribution in [-0.4, -0.2) is 16.7 Å². The maximum atomic E-state index is 9.65. The number of nitrogens with one attached hydrogen (secondary N) is 1. The lowest BCUT2D eigenvalue weighted by Crippen LogP contribution is -2.51. The molecule has 2 rings (SSSR count). The first-order chi connectivity index (χ1) is 8.30. The number of hydrogen-bond acceptors (Lipinski definition) is 3. The van der Waals surface area contributed by atoms with Crippen molar-refractivity contribution in [3.8, 4) is 6.07 Å². The van der Waals surface area contributed by atoms with E-state index >= 15 is 0 Å². The van der Waals surface area contributed by atoms with E-state index in [0.717, 1.165) is 5.69 Å². The molecule has 0 saturated carbocycles. The quantitative estimate of drug-likeness (QED) is 0.867. The van der Waals surface area contributed by atoms with Gasteiger partial charge in [0.25, 0.3) is 0 Å². The number of nitriles is 1. The number of benzene rings is 1. The predicted molar refractivity (Wildman–Crippen MR) is 72.3 cm³/mol. The van der Waals surface area contributed by atoms with E-state index in [1.807, 2.05) is 58.0 Å². The molecule has 3 nitrogen and oxygen atoms in total. The maximum Gasteiger partial charge on any atom is 0.156 e. The largest absolute Gasteiger partial charge is 0.366 e. The highest BCUT2D eigenvalue weighted by Crippen LogP contribution is 2.46. The van der Waals surface area contributed by atoms with Crippen LogP contribution in [0.1, 0.15) is 34.1 Å². The molecule has 0 spiro atoms. The lowest BCUT2D eigenvalue weighted by atomic mass is 9.80. The van der Waals surface area contributed by atoms with Gasteiger partial charge in [-0.25, -0.2) is 0 Å². The van der Waals surface area contributed by atoms with Crippen molar-refractivity contribution in [3.05, 3.63) is 30.3 Å². The van der Waals surface area contributed by atoms with E-state index in [2.05, 4.69) is 11.4 Å². The Morgan fingerprint density at radius 2 is 1.78 bits per heavy atom. The summed E-state index contributed by atoms with van der Waals surface area (Å²) in [6, 6.07) is 12.3. The number of rotatable bonds is 2. The maximum absolute atomic E-state index is 9.65. The summed E-state index contributed by atoms with van der Waals surface area (Å²) in [7, 11) is 0. The van der Waals surface area contributed by atoms with Crippen LogP contribution in [0.5, 0.6) is 0 Å². The minimum absolute atomic E-state index is 0.291. The van der Waals surface area contributed by atoms with Crippen LogP contribution in [0.15, 0.2) is 30.3 Å². The van der Waals surface area contributed by atoms with Crippen LogP contribution in [0.4, 0.5) is 5.69 Å². The van der Waals surface area contributed by atoms with Crippen molar-refractivity contribution in [1.29, 1.82) is 5.26 Å². The van der Waals surface area contributed by atoms with Gasteiger partial charge < -0.3 is 10.1 Å². The van der Waals surface area contributed by atoms with Gasteiger partial charge in [0, 0.05) is 12.1 Å². The SMILES string of the molecule is CC1(C)CC(C#N)(Nc2ccccc2)C(C)(C)O1. The third kappa shape index (κ3) is 2.09. The van der Waals surface area contributed by atoms with Gasteiger partial charge in [0.05, 0.1) is 17.3 Å². The summed E-state index contributed by atoms with van der Waals surface area (Å²) in [5.41, 5.74) is -0.562. The van der Waals surface area contributed by atoms with Gasteiger partial charge in [0.1, 0.15) is 0 Å². The molecule has 96 valence electrons. The van der Waals surface area contributed by atoms with E-state index in [4.69, 9.17) is 4.74 Å². The molecule has 1 aromatic rings. The second-order valence-electron chi connectivity index (χ2n) is 6.06. The summed E-state index contributed by atoms with van der Waals surface area (Å²) in [6.07, 6.45) is 0.665. The van der Waals surface area contributed by atoms with Gasteiger partial charge >= 0.3 is 0 Å². The summed E-state index contributed by atoms with van der Waals surface area (Å²) in [5.74, 6) is 0. The molecule has 1 aromatic carbocycles. The first-order valence-corrected chi connectivity index (χ1v) is 6.25. The van der Waals surface area contributed by atoms with Crippen molar-refractivity contribution in [2.75, 3.05) is 5.32 Å². The molecule has 1 N–H and O–H groups in total. The predicted octanol–water partition coefficient (Wildman–Crippen LogP) is 3.34. The van der Waals surface area contributed by atoms with Gasteiger partial charge in [-0.05, 0) is 39.8 Å².